The van der Waals surface area contributed by atoms with Crippen LogP contribution in [0, 0.1) is 0 Å². The molecule has 0 aliphatic heterocycles. The van der Waals surface area contributed by atoms with Crippen molar-refractivity contribution < 1.29 is 0 Å². The molecule has 2 aromatic heterocycles. The molecule has 1 aromatic carbocycles. The van der Waals surface area contributed by atoms with Gasteiger partial charge in [0.15, 0.2) is 0 Å². The van der Waals surface area contributed by atoms with Crippen LogP contribution in [0.5, 0.6) is 0 Å². The first-order chi connectivity index (χ1) is 13.8. The Morgan fingerprint density at radius 2 is 1.83 bits per heavy atom. The maximum Gasteiger partial charge on any atom is 0.150 e. The topological polar surface area (TPSA) is 70.8 Å². The average molecular weight is 396 g/mol. The van der Waals surface area contributed by atoms with Crippen LogP contribution in [0.3, 0.4) is 0 Å². The Bertz CT molecular complexity index is 951. The van der Waals surface area contributed by atoms with Gasteiger partial charge in [0.25, 0.3) is 0 Å². The highest BCUT2D eigenvalue weighted by Crippen LogP contribution is 2.27. The van der Waals surface area contributed by atoms with Gasteiger partial charge in [0, 0.05) is 17.3 Å². The van der Waals surface area contributed by atoms with E-state index in [1.54, 1.807) is 0 Å². The van der Waals surface area contributed by atoms with E-state index in [1.165, 1.54) is 24.8 Å². The fourth-order valence-electron chi connectivity index (χ4n) is 3.67. The maximum absolute atomic E-state index is 6.23. The van der Waals surface area contributed by atoms with Gasteiger partial charge >= 0.3 is 0 Å². The summed E-state index contributed by atoms with van der Waals surface area (Å²) in [4.78, 5) is 15.3. The van der Waals surface area contributed by atoms with E-state index in [1.807, 2.05) is 0 Å². The number of unbranched alkanes of at least 4 members (excludes halogenated alkanes) is 3. The summed E-state index contributed by atoms with van der Waals surface area (Å²) in [5.74, 6) is 1.55. The van der Waals surface area contributed by atoms with E-state index in [0.717, 1.165) is 60.0 Å². The number of imidazole rings is 1. The number of aryl methyl sites for hydroxylation is 2. The molecule has 2 heterocycles. The number of benzene rings is 1. The van der Waals surface area contributed by atoms with Crippen LogP contribution in [0.2, 0.25) is 0 Å². The lowest BCUT2D eigenvalue weighted by Crippen LogP contribution is -2.38. The second-order valence-electron chi connectivity index (χ2n) is 9.26. The summed E-state index contributed by atoms with van der Waals surface area (Å²) in [5, 5.41) is 1.09. The molecule has 0 amide bonds. The zero-order valence-corrected chi connectivity index (χ0v) is 18.8. The highest BCUT2D eigenvalue weighted by Gasteiger charge is 2.16. The van der Waals surface area contributed by atoms with Crippen molar-refractivity contribution in [1.82, 2.24) is 19.9 Å². The molecule has 0 atom stereocenters. The molecule has 0 saturated heterocycles. The zero-order valence-electron chi connectivity index (χ0n) is 18.8. The largest absolute Gasteiger partial charge is 0.382 e. The molecular formula is C24H37N5. The van der Waals surface area contributed by atoms with Crippen LogP contribution in [0.1, 0.15) is 71.2 Å². The molecular weight excluding hydrogens is 358 g/mol. The number of H-pyrrole nitrogens is 1. The van der Waals surface area contributed by atoms with E-state index in [9.17, 15) is 0 Å². The van der Waals surface area contributed by atoms with Crippen LogP contribution in [-0.4, -0.2) is 39.0 Å². The first-order valence-electron chi connectivity index (χ1n) is 11.1. The van der Waals surface area contributed by atoms with Crippen LogP contribution in [-0.2, 0) is 12.8 Å². The van der Waals surface area contributed by atoms with Gasteiger partial charge < -0.3 is 15.6 Å². The number of hydrogen-bond acceptors (Lipinski definition) is 4. The van der Waals surface area contributed by atoms with Crippen LogP contribution in [0.15, 0.2) is 18.2 Å². The van der Waals surface area contributed by atoms with Crippen molar-refractivity contribution in [2.75, 3.05) is 19.3 Å². The maximum atomic E-state index is 6.23. The molecule has 3 aromatic rings. The number of aromatic nitrogens is 3. The van der Waals surface area contributed by atoms with Gasteiger partial charge in [-0.05, 0) is 71.7 Å². The molecule has 5 nitrogen and oxygen atoms in total. The summed E-state index contributed by atoms with van der Waals surface area (Å²) in [7, 11) is 2.21. The van der Waals surface area contributed by atoms with E-state index in [0.29, 0.717) is 5.82 Å². The minimum atomic E-state index is 0.248. The number of aromatic amines is 1. The number of hydrogen-bond donors (Lipinski definition) is 2. The molecule has 0 aliphatic rings. The molecule has 29 heavy (non-hydrogen) atoms. The number of fused-ring (bicyclic) bond motifs is 3. The zero-order chi connectivity index (χ0) is 21.0. The van der Waals surface area contributed by atoms with Gasteiger partial charge in [-0.2, -0.15) is 0 Å². The lowest BCUT2D eigenvalue weighted by molar-refractivity contribution is 0.172. The third kappa shape index (κ3) is 5.27. The average Bonchev–Trinajstić information content (AvgIpc) is 3.10. The first-order valence-corrected chi connectivity index (χ1v) is 11.1. The molecule has 0 aliphatic carbocycles. The van der Waals surface area contributed by atoms with Crippen molar-refractivity contribution >= 4 is 27.8 Å². The number of nitrogens with one attached hydrogen (secondary N) is 1. The van der Waals surface area contributed by atoms with E-state index in [-0.39, 0.29) is 5.54 Å². The molecule has 3 N–H and O–H groups in total. The van der Waals surface area contributed by atoms with Crippen molar-refractivity contribution in [1.29, 1.82) is 0 Å². The van der Waals surface area contributed by atoms with Gasteiger partial charge in [0.1, 0.15) is 22.7 Å². The molecule has 5 heteroatoms. The Morgan fingerprint density at radius 3 is 2.55 bits per heavy atom. The summed E-state index contributed by atoms with van der Waals surface area (Å²) in [6, 6.07) is 6.57. The summed E-state index contributed by atoms with van der Waals surface area (Å²) >= 11 is 0. The lowest BCUT2D eigenvalue weighted by Gasteiger charge is -2.31. The lowest BCUT2D eigenvalue weighted by atomic mass is 10.0. The molecule has 3 rings (SSSR count). The number of nitrogens with two attached hydrogens (primary N) is 1. The van der Waals surface area contributed by atoms with Gasteiger partial charge in [0.2, 0.25) is 0 Å². The summed E-state index contributed by atoms with van der Waals surface area (Å²) in [5.41, 5.74) is 10.6. The third-order valence-electron chi connectivity index (χ3n) is 5.94. The van der Waals surface area contributed by atoms with Gasteiger partial charge in [-0.15, -0.1) is 0 Å². The predicted molar refractivity (Wildman–Crippen MR) is 124 cm³/mol. The quantitative estimate of drug-likeness (QED) is 0.471. The van der Waals surface area contributed by atoms with Crippen molar-refractivity contribution in [2.24, 2.45) is 0 Å². The number of nitrogens with zero attached hydrogens (tertiary/aromatic N) is 3. The fraction of sp³-hybridized carbons (Fsp3) is 0.583. The Labute approximate surface area is 175 Å². The number of nitrogen functional groups attached to an aromatic ring is 1. The smallest absolute Gasteiger partial charge is 0.150 e. The molecule has 158 valence electrons. The molecule has 0 spiro atoms. The number of rotatable bonds is 9. The Kier molecular flexibility index (Phi) is 6.78. The number of pyridine rings is 1. The van der Waals surface area contributed by atoms with Crippen molar-refractivity contribution in [3.8, 4) is 0 Å². The van der Waals surface area contributed by atoms with Gasteiger partial charge in [-0.3, -0.25) is 0 Å². The van der Waals surface area contributed by atoms with Gasteiger partial charge in [-0.25, -0.2) is 9.97 Å². The van der Waals surface area contributed by atoms with Gasteiger partial charge in [-0.1, -0.05) is 31.9 Å². The van der Waals surface area contributed by atoms with Gasteiger partial charge in [0.05, 0.1) is 5.52 Å². The predicted octanol–water partition coefficient (Wildman–Crippen LogP) is 5.48. The first kappa shape index (κ1) is 21.6. The van der Waals surface area contributed by atoms with Crippen molar-refractivity contribution in [3.05, 3.63) is 29.6 Å². The fourth-order valence-corrected chi connectivity index (χ4v) is 3.67. The molecule has 0 unspecified atom stereocenters. The monoisotopic (exact) mass is 395 g/mol. The summed E-state index contributed by atoms with van der Waals surface area (Å²) < 4.78 is 0. The van der Waals surface area contributed by atoms with Crippen LogP contribution >= 0.6 is 0 Å². The van der Waals surface area contributed by atoms with Crippen LogP contribution in [0.4, 0.5) is 5.82 Å². The Morgan fingerprint density at radius 1 is 1.03 bits per heavy atom. The second-order valence-corrected chi connectivity index (χ2v) is 9.26. The second kappa shape index (κ2) is 9.12. The van der Waals surface area contributed by atoms with Crippen LogP contribution in [0.25, 0.3) is 21.9 Å². The Hall–Kier alpha value is -2.14. The number of anilines is 1. The molecule has 0 saturated carbocycles. The van der Waals surface area contributed by atoms with E-state index in [4.69, 9.17) is 10.7 Å². The summed E-state index contributed by atoms with van der Waals surface area (Å²) in [6.45, 7) is 10.1. The highest BCUT2D eigenvalue weighted by molar-refractivity contribution is 6.06. The van der Waals surface area contributed by atoms with Crippen molar-refractivity contribution in [2.45, 2.75) is 78.2 Å². The third-order valence-corrected chi connectivity index (χ3v) is 5.94. The SMILES string of the molecule is CCCCc1nc2c([nH]1)c(N)nc1cc(CCCCCN(C)C(C)(C)C)ccc12. The van der Waals surface area contributed by atoms with E-state index < -0.39 is 0 Å². The van der Waals surface area contributed by atoms with Crippen molar-refractivity contribution in [3.63, 3.8) is 0 Å². The molecule has 0 radical (unpaired) electrons. The minimum Gasteiger partial charge on any atom is -0.382 e. The van der Waals surface area contributed by atoms with E-state index >= 15 is 0 Å². The van der Waals surface area contributed by atoms with E-state index in [2.05, 4.69) is 67.8 Å². The highest BCUT2D eigenvalue weighted by atomic mass is 15.1. The summed E-state index contributed by atoms with van der Waals surface area (Å²) in [6.07, 6.45) is 7.99. The van der Waals surface area contributed by atoms with Crippen LogP contribution < -0.4 is 5.73 Å². The Balaban J connectivity index is 1.66. The normalized spacial score (nSPS) is 12.5. The molecule has 0 bridgehead atoms. The minimum absolute atomic E-state index is 0.248. The standard InChI is InChI=1S/C24H37N5/c1-6-7-12-20-27-21-18-14-13-17(16-19(18)26-23(25)22(21)28-20)11-9-8-10-15-29(5)24(2,3)4/h13-14,16H,6-12,15H2,1-5H3,(H2,25,26)(H,27,28). The molecule has 0 fully saturated rings.